The maximum absolute atomic E-state index is 11.6. The molecule has 2 rings (SSSR count). The summed E-state index contributed by atoms with van der Waals surface area (Å²) in [6.07, 6.45) is -5.95. The Morgan fingerprint density at radius 3 is 2.11 bits per heavy atom. The molecule has 154 valence electrons. The summed E-state index contributed by atoms with van der Waals surface area (Å²) >= 11 is 0. The first-order valence-electron chi connectivity index (χ1n) is 8.74. The number of hydrogen-bond donors (Lipinski definition) is 1. The molecule has 9 heteroatoms. The molecule has 0 aromatic heterocycles. The zero-order valence-corrected chi connectivity index (χ0v) is 15.9. The number of rotatable bonds is 7. The molecule has 0 radical (unpaired) electrons. The predicted molar refractivity (Wildman–Crippen MR) is 93.6 cm³/mol. The van der Waals surface area contributed by atoms with Crippen LogP contribution < -0.4 is 0 Å². The maximum atomic E-state index is 11.6. The summed E-state index contributed by atoms with van der Waals surface area (Å²) in [6, 6.07) is 9.15. The number of carbonyl (C=O) groups is 3. The summed E-state index contributed by atoms with van der Waals surface area (Å²) in [5.41, 5.74) is 0.822. The third-order valence-corrected chi connectivity index (χ3v) is 3.95. The van der Waals surface area contributed by atoms with Gasteiger partial charge >= 0.3 is 17.9 Å². The SMILES string of the molecule is CC(=O)OC[C@H]1O[C@H](O)[C@H](OCc2ccccc2)[C@@H](OC(C)=O)[C@@H]1OC(C)=O. The van der Waals surface area contributed by atoms with E-state index in [1.165, 1.54) is 20.8 Å². The number of benzene rings is 1. The molecule has 1 aliphatic heterocycles. The Kier molecular flexibility index (Phi) is 7.91. The zero-order valence-electron chi connectivity index (χ0n) is 15.9. The second-order valence-electron chi connectivity index (χ2n) is 6.28. The fourth-order valence-electron chi connectivity index (χ4n) is 2.83. The third-order valence-electron chi connectivity index (χ3n) is 3.95. The molecule has 0 saturated carbocycles. The Balaban J connectivity index is 2.22. The van der Waals surface area contributed by atoms with Crippen LogP contribution in [0, 0.1) is 0 Å². The highest BCUT2D eigenvalue weighted by Gasteiger charge is 2.50. The molecule has 5 atom stereocenters. The van der Waals surface area contributed by atoms with Gasteiger partial charge in [0.2, 0.25) is 0 Å². The van der Waals surface area contributed by atoms with E-state index < -0.39 is 48.6 Å². The minimum Gasteiger partial charge on any atom is -0.463 e. The summed E-state index contributed by atoms with van der Waals surface area (Å²) in [7, 11) is 0. The van der Waals surface area contributed by atoms with E-state index in [9.17, 15) is 19.5 Å². The Morgan fingerprint density at radius 2 is 1.54 bits per heavy atom. The molecular weight excluding hydrogens is 372 g/mol. The van der Waals surface area contributed by atoms with Crippen LogP contribution in [0.15, 0.2) is 30.3 Å². The number of hydrogen-bond acceptors (Lipinski definition) is 9. The van der Waals surface area contributed by atoms with E-state index in [2.05, 4.69) is 0 Å². The van der Waals surface area contributed by atoms with Crippen LogP contribution >= 0.6 is 0 Å². The smallest absolute Gasteiger partial charge is 0.303 e. The number of carbonyl (C=O) groups excluding carboxylic acids is 3. The average molecular weight is 396 g/mol. The summed E-state index contributed by atoms with van der Waals surface area (Å²) in [6.45, 7) is 3.37. The predicted octanol–water partition coefficient (Wildman–Crippen LogP) is 0.715. The second kappa shape index (κ2) is 10.2. The van der Waals surface area contributed by atoms with Crippen molar-refractivity contribution in [3.63, 3.8) is 0 Å². The molecule has 1 aromatic rings. The van der Waals surface area contributed by atoms with Gasteiger partial charge in [-0.05, 0) is 5.56 Å². The highest BCUT2D eigenvalue weighted by atomic mass is 16.7. The molecule has 0 spiro atoms. The summed E-state index contributed by atoms with van der Waals surface area (Å²) in [5, 5.41) is 10.4. The van der Waals surface area contributed by atoms with E-state index in [4.69, 9.17) is 23.7 Å². The Morgan fingerprint density at radius 1 is 0.929 bits per heavy atom. The van der Waals surface area contributed by atoms with Crippen LogP contribution in [0.2, 0.25) is 0 Å². The lowest BCUT2D eigenvalue weighted by Gasteiger charge is -2.43. The first-order valence-corrected chi connectivity index (χ1v) is 8.74. The summed E-state index contributed by atoms with van der Waals surface area (Å²) in [4.78, 5) is 34.3. The van der Waals surface area contributed by atoms with E-state index in [0.29, 0.717) is 0 Å². The van der Waals surface area contributed by atoms with Gasteiger partial charge in [0.1, 0.15) is 18.8 Å². The molecule has 1 aromatic carbocycles. The average Bonchev–Trinajstić information content (AvgIpc) is 2.62. The van der Waals surface area contributed by atoms with Crippen molar-refractivity contribution in [1.29, 1.82) is 0 Å². The minimum atomic E-state index is -1.50. The quantitative estimate of drug-likeness (QED) is 0.525. The first-order chi connectivity index (χ1) is 13.3. The molecule has 0 bridgehead atoms. The molecule has 0 unspecified atom stereocenters. The van der Waals surface area contributed by atoms with Gasteiger partial charge in [-0.15, -0.1) is 0 Å². The number of esters is 3. The van der Waals surface area contributed by atoms with Crippen LogP contribution in [-0.2, 0) is 44.7 Å². The van der Waals surface area contributed by atoms with Gasteiger partial charge in [-0.25, -0.2) is 0 Å². The van der Waals surface area contributed by atoms with Gasteiger partial charge in [-0.3, -0.25) is 14.4 Å². The van der Waals surface area contributed by atoms with Gasteiger partial charge in [0.05, 0.1) is 6.61 Å². The fraction of sp³-hybridized carbons (Fsp3) is 0.526. The van der Waals surface area contributed by atoms with Gasteiger partial charge in [0.15, 0.2) is 18.5 Å². The molecule has 1 aliphatic rings. The molecule has 0 amide bonds. The van der Waals surface area contributed by atoms with E-state index in [-0.39, 0.29) is 13.2 Å². The minimum absolute atomic E-state index is 0.102. The normalized spacial score (nSPS) is 26.9. The van der Waals surface area contributed by atoms with Crippen LogP contribution in [0.25, 0.3) is 0 Å². The van der Waals surface area contributed by atoms with Crippen molar-refractivity contribution in [3.05, 3.63) is 35.9 Å². The van der Waals surface area contributed by atoms with Gasteiger partial charge in [0.25, 0.3) is 0 Å². The number of aliphatic hydroxyl groups excluding tert-OH is 1. The number of aliphatic hydroxyl groups is 1. The third kappa shape index (κ3) is 6.29. The highest BCUT2D eigenvalue weighted by Crippen LogP contribution is 2.28. The Labute approximate surface area is 162 Å². The van der Waals surface area contributed by atoms with Crippen molar-refractivity contribution in [2.45, 2.75) is 58.1 Å². The molecule has 0 aliphatic carbocycles. The molecule has 1 heterocycles. The molecule has 1 fully saturated rings. The van der Waals surface area contributed by atoms with Crippen molar-refractivity contribution < 1.29 is 43.2 Å². The lowest BCUT2D eigenvalue weighted by atomic mass is 9.98. The molecule has 9 nitrogen and oxygen atoms in total. The van der Waals surface area contributed by atoms with E-state index in [1.807, 2.05) is 30.3 Å². The van der Waals surface area contributed by atoms with Crippen LogP contribution in [0.3, 0.4) is 0 Å². The largest absolute Gasteiger partial charge is 0.463 e. The second-order valence-corrected chi connectivity index (χ2v) is 6.28. The van der Waals surface area contributed by atoms with Crippen molar-refractivity contribution in [2.75, 3.05) is 6.61 Å². The van der Waals surface area contributed by atoms with Crippen molar-refractivity contribution in [1.82, 2.24) is 0 Å². The van der Waals surface area contributed by atoms with Crippen LogP contribution in [0.4, 0.5) is 0 Å². The van der Waals surface area contributed by atoms with E-state index >= 15 is 0 Å². The lowest BCUT2D eigenvalue weighted by Crippen LogP contribution is -2.62. The standard InChI is InChI=1S/C19H24O9/c1-11(20)24-10-15-16(26-12(2)21)17(27-13(3)22)18(19(23)28-15)25-9-14-7-5-4-6-8-14/h4-8,15-19,23H,9-10H2,1-3H3/t15-,16-,17+,18-,19+/m1/s1. The zero-order chi connectivity index (χ0) is 20.7. The highest BCUT2D eigenvalue weighted by molar-refractivity contribution is 5.67. The maximum Gasteiger partial charge on any atom is 0.303 e. The summed E-state index contributed by atoms with van der Waals surface area (Å²) < 4.78 is 26.6. The molecule has 28 heavy (non-hydrogen) atoms. The van der Waals surface area contributed by atoms with Gasteiger partial charge < -0.3 is 28.8 Å². The molecule has 1 N–H and O–H groups in total. The Hall–Kier alpha value is -2.49. The van der Waals surface area contributed by atoms with Crippen LogP contribution in [0.1, 0.15) is 26.3 Å². The fourth-order valence-corrected chi connectivity index (χ4v) is 2.83. The van der Waals surface area contributed by atoms with E-state index in [1.54, 1.807) is 0 Å². The summed E-state index contributed by atoms with van der Waals surface area (Å²) in [5.74, 6) is -1.89. The topological polar surface area (TPSA) is 118 Å². The Bertz CT molecular complexity index is 675. The van der Waals surface area contributed by atoms with Gasteiger partial charge in [0, 0.05) is 20.8 Å². The van der Waals surface area contributed by atoms with Gasteiger partial charge in [-0.2, -0.15) is 0 Å². The van der Waals surface area contributed by atoms with Crippen molar-refractivity contribution in [3.8, 4) is 0 Å². The lowest BCUT2D eigenvalue weighted by molar-refractivity contribution is -0.303. The first kappa shape index (κ1) is 21.8. The number of ether oxygens (including phenoxy) is 5. The molecular formula is C19H24O9. The van der Waals surface area contributed by atoms with Gasteiger partial charge in [-0.1, -0.05) is 30.3 Å². The van der Waals surface area contributed by atoms with E-state index in [0.717, 1.165) is 5.56 Å². The van der Waals surface area contributed by atoms with Crippen molar-refractivity contribution >= 4 is 17.9 Å². The van der Waals surface area contributed by atoms with Crippen LogP contribution in [0.5, 0.6) is 0 Å². The van der Waals surface area contributed by atoms with Crippen molar-refractivity contribution in [2.24, 2.45) is 0 Å². The molecule has 1 saturated heterocycles. The van der Waals surface area contributed by atoms with Crippen LogP contribution in [-0.4, -0.2) is 60.3 Å². The monoisotopic (exact) mass is 396 g/mol.